The highest BCUT2D eigenvalue weighted by Crippen LogP contribution is 2.03. The summed E-state index contributed by atoms with van der Waals surface area (Å²) in [5, 5.41) is 3.05. The van der Waals surface area contributed by atoms with E-state index in [-0.39, 0.29) is 24.2 Å². The fraction of sp³-hybridized carbons (Fsp3) is 0.438. The molecule has 5 nitrogen and oxygen atoms in total. The quantitative estimate of drug-likeness (QED) is 0.746. The van der Waals surface area contributed by atoms with Crippen molar-refractivity contribution >= 4 is 29.1 Å². The molecule has 0 spiro atoms. The molecular weight excluding hydrogens is 298 g/mol. The first-order chi connectivity index (χ1) is 10.4. The molecule has 0 heterocycles. The molecule has 1 aromatic rings. The van der Waals surface area contributed by atoms with Gasteiger partial charge in [0.05, 0.1) is 0 Å². The lowest BCUT2D eigenvalue weighted by molar-refractivity contribution is -0.122. The second-order valence-electron chi connectivity index (χ2n) is 5.39. The lowest BCUT2D eigenvalue weighted by Crippen LogP contribution is -2.45. The van der Waals surface area contributed by atoms with Crippen molar-refractivity contribution in [2.24, 2.45) is 11.7 Å². The smallest absolute Gasteiger partial charge is 0.228 e. The van der Waals surface area contributed by atoms with Gasteiger partial charge in [-0.2, -0.15) is 0 Å². The van der Waals surface area contributed by atoms with Crippen LogP contribution in [0.3, 0.4) is 0 Å². The van der Waals surface area contributed by atoms with Crippen molar-refractivity contribution in [1.29, 1.82) is 0 Å². The van der Waals surface area contributed by atoms with E-state index in [1.54, 1.807) is 13.8 Å². The highest BCUT2D eigenvalue weighted by atomic mass is 32.1. The SMILES string of the molecule is CC(C)C(=O)NC(=S)N(CCC(N)=O)CCc1ccccc1. The monoisotopic (exact) mass is 321 g/mol. The zero-order valence-corrected chi connectivity index (χ0v) is 13.9. The third-order valence-corrected chi connectivity index (χ3v) is 3.54. The van der Waals surface area contributed by atoms with Gasteiger partial charge in [-0.05, 0) is 24.2 Å². The van der Waals surface area contributed by atoms with Gasteiger partial charge in [0.15, 0.2) is 5.11 Å². The van der Waals surface area contributed by atoms with Crippen molar-refractivity contribution in [3.05, 3.63) is 35.9 Å². The summed E-state index contributed by atoms with van der Waals surface area (Å²) in [6.45, 7) is 4.62. The van der Waals surface area contributed by atoms with E-state index in [0.717, 1.165) is 6.42 Å². The molecule has 0 aliphatic carbocycles. The van der Waals surface area contributed by atoms with Crippen LogP contribution in [0.5, 0.6) is 0 Å². The van der Waals surface area contributed by atoms with E-state index in [4.69, 9.17) is 18.0 Å². The molecule has 0 radical (unpaired) electrons. The second-order valence-corrected chi connectivity index (χ2v) is 5.77. The number of hydrogen-bond acceptors (Lipinski definition) is 3. The Labute approximate surface area is 136 Å². The van der Waals surface area contributed by atoms with Crippen LogP contribution in [0.25, 0.3) is 0 Å². The van der Waals surface area contributed by atoms with E-state index < -0.39 is 0 Å². The molecule has 0 atom stereocenters. The van der Waals surface area contributed by atoms with Gasteiger partial charge in [0.2, 0.25) is 11.8 Å². The molecule has 1 aromatic carbocycles. The summed E-state index contributed by atoms with van der Waals surface area (Å²) < 4.78 is 0. The molecule has 6 heteroatoms. The predicted molar refractivity (Wildman–Crippen MR) is 91.1 cm³/mol. The van der Waals surface area contributed by atoms with Crippen LogP contribution < -0.4 is 11.1 Å². The van der Waals surface area contributed by atoms with E-state index in [1.807, 2.05) is 35.2 Å². The number of nitrogens with zero attached hydrogens (tertiary/aromatic N) is 1. The first-order valence-electron chi connectivity index (χ1n) is 7.32. The van der Waals surface area contributed by atoms with Crippen molar-refractivity contribution in [2.75, 3.05) is 13.1 Å². The summed E-state index contributed by atoms with van der Waals surface area (Å²) in [5.41, 5.74) is 6.37. The van der Waals surface area contributed by atoms with Crippen LogP contribution >= 0.6 is 12.2 Å². The van der Waals surface area contributed by atoms with Gasteiger partial charge in [-0.1, -0.05) is 44.2 Å². The molecule has 0 aliphatic rings. The second kappa shape index (κ2) is 9.15. The van der Waals surface area contributed by atoms with Crippen LogP contribution in [0, 0.1) is 5.92 Å². The third-order valence-electron chi connectivity index (χ3n) is 3.18. The summed E-state index contributed by atoms with van der Waals surface area (Å²) in [6.07, 6.45) is 0.976. The van der Waals surface area contributed by atoms with Crippen LogP contribution in [-0.2, 0) is 16.0 Å². The number of amides is 2. The zero-order chi connectivity index (χ0) is 16.5. The van der Waals surface area contributed by atoms with Gasteiger partial charge in [-0.15, -0.1) is 0 Å². The minimum Gasteiger partial charge on any atom is -0.370 e. The normalized spacial score (nSPS) is 10.3. The van der Waals surface area contributed by atoms with Gasteiger partial charge in [0.1, 0.15) is 0 Å². The lowest BCUT2D eigenvalue weighted by atomic mass is 10.1. The van der Waals surface area contributed by atoms with Crippen LogP contribution in [0.15, 0.2) is 30.3 Å². The Morgan fingerprint density at radius 3 is 2.41 bits per heavy atom. The Hall–Kier alpha value is -1.95. The standard InChI is InChI=1S/C16H23N3O2S/c1-12(2)15(21)18-16(22)19(11-9-14(17)20)10-8-13-6-4-3-5-7-13/h3-7,12H,8-11H2,1-2H3,(H2,17,20)(H,18,21,22). The lowest BCUT2D eigenvalue weighted by Gasteiger charge is -2.25. The molecule has 2 amide bonds. The highest BCUT2D eigenvalue weighted by Gasteiger charge is 2.15. The Kier molecular flexibility index (Phi) is 7.52. The number of hydrogen-bond donors (Lipinski definition) is 2. The number of nitrogens with one attached hydrogen (secondary N) is 1. The topological polar surface area (TPSA) is 75.4 Å². The van der Waals surface area contributed by atoms with E-state index in [9.17, 15) is 9.59 Å². The molecule has 3 N–H and O–H groups in total. The Morgan fingerprint density at radius 1 is 1.23 bits per heavy atom. The first-order valence-corrected chi connectivity index (χ1v) is 7.73. The zero-order valence-electron chi connectivity index (χ0n) is 13.0. The largest absolute Gasteiger partial charge is 0.370 e. The fourth-order valence-corrected chi connectivity index (χ4v) is 2.08. The Bertz CT molecular complexity index is 517. The molecule has 0 saturated carbocycles. The molecule has 0 aliphatic heterocycles. The molecular formula is C16H23N3O2S. The summed E-state index contributed by atoms with van der Waals surface area (Å²) in [4.78, 5) is 24.6. The molecule has 120 valence electrons. The highest BCUT2D eigenvalue weighted by molar-refractivity contribution is 7.80. The van der Waals surface area contributed by atoms with Crippen molar-refractivity contribution in [1.82, 2.24) is 10.2 Å². The molecule has 1 rings (SSSR count). The van der Waals surface area contributed by atoms with Gasteiger partial charge in [0, 0.05) is 25.4 Å². The molecule has 0 aromatic heterocycles. The molecule has 22 heavy (non-hydrogen) atoms. The van der Waals surface area contributed by atoms with Crippen molar-refractivity contribution in [3.63, 3.8) is 0 Å². The minimum absolute atomic E-state index is 0.131. The van der Waals surface area contributed by atoms with Gasteiger partial charge >= 0.3 is 0 Å². The molecule has 0 unspecified atom stereocenters. The Balaban J connectivity index is 2.64. The molecule has 0 saturated heterocycles. The Morgan fingerprint density at radius 2 is 1.86 bits per heavy atom. The van der Waals surface area contributed by atoms with Crippen LogP contribution in [0.1, 0.15) is 25.8 Å². The van der Waals surface area contributed by atoms with Crippen LogP contribution in [-0.4, -0.2) is 34.9 Å². The molecule has 0 bridgehead atoms. The van der Waals surface area contributed by atoms with Crippen molar-refractivity contribution < 1.29 is 9.59 Å². The summed E-state index contributed by atoms with van der Waals surface area (Å²) in [6, 6.07) is 9.97. The van der Waals surface area contributed by atoms with Gasteiger partial charge in [-0.3, -0.25) is 9.59 Å². The van der Waals surface area contributed by atoms with E-state index in [2.05, 4.69) is 5.32 Å². The maximum Gasteiger partial charge on any atom is 0.228 e. The van der Waals surface area contributed by atoms with Crippen LogP contribution in [0.4, 0.5) is 0 Å². The number of carbonyl (C=O) groups excluding carboxylic acids is 2. The average Bonchev–Trinajstić information content (AvgIpc) is 2.47. The first kappa shape index (κ1) is 18.1. The number of nitrogens with two attached hydrogens (primary N) is 1. The van der Waals surface area contributed by atoms with Crippen molar-refractivity contribution in [3.8, 4) is 0 Å². The van der Waals surface area contributed by atoms with E-state index >= 15 is 0 Å². The summed E-state index contributed by atoms with van der Waals surface area (Å²) in [5.74, 6) is -0.665. The van der Waals surface area contributed by atoms with Crippen molar-refractivity contribution in [2.45, 2.75) is 26.7 Å². The maximum absolute atomic E-state index is 11.8. The average molecular weight is 321 g/mol. The number of rotatable bonds is 7. The predicted octanol–water partition coefficient (Wildman–Crippen LogP) is 1.46. The number of primary amides is 1. The van der Waals surface area contributed by atoms with E-state index in [1.165, 1.54) is 5.56 Å². The molecule has 0 fully saturated rings. The van der Waals surface area contributed by atoms with E-state index in [0.29, 0.717) is 18.2 Å². The van der Waals surface area contributed by atoms with Gasteiger partial charge in [0.25, 0.3) is 0 Å². The number of thiocarbonyl (C=S) groups is 1. The summed E-state index contributed by atoms with van der Waals surface area (Å²) in [7, 11) is 0. The third kappa shape index (κ3) is 6.67. The van der Waals surface area contributed by atoms with Gasteiger partial charge < -0.3 is 16.0 Å². The fourth-order valence-electron chi connectivity index (χ4n) is 1.80. The van der Waals surface area contributed by atoms with Crippen LogP contribution in [0.2, 0.25) is 0 Å². The summed E-state index contributed by atoms with van der Waals surface area (Å²) >= 11 is 5.28. The number of benzene rings is 1. The van der Waals surface area contributed by atoms with Gasteiger partial charge in [-0.25, -0.2) is 0 Å². The minimum atomic E-state index is -0.386. The number of carbonyl (C=O) groups is 2. The maximum atomic E-state index is 11.8.